The van der Waals surface area contributed by atoms with Gasteiger partial charge in [0, 0.05) is 25.2 Å². The van der Waals surface area contributed by atoms with Crippen LogP contribution in [0.5, 0.6) is 0 Å². The van der Waals surface area contributed by atoms with Gasteiger partial charge in [0.1, 0.15) is 0 Å². The third-order valence-electron chi connectivity index (χ3n) is 3.25. The number of nitrogens with zero attached hydrogens (tertiary/aromatic N) is 1. The lowest BCUT2D eigenvalue weighted by molar-refractivity contribution is -0.137. The molecule has 1 amide bonds. The van der Waals surface area contributed by atoms with Gasteiger partial charge >= 0.3 is 6.18 Å². The molecule has 1 heterocycles. The molecule has 0 unspecified atom stereocenters. The van der Waals surface area contributed by atoms with Crippen LogP contribution in [0.4, 0.5) is 13.2 Å². The van der Waals surface area contributed by atoms with Crippen molar-refractivity contribution in [3.63, 3.8) is 0 Å². The summed E-state index contributed by atoms with van der Waals surface area (Å²) >= 11 is 5.53. The highest BCUT2D eigenvalue weighted by Gasteiger charge is 2.33. The first-order chi connectivity index (χ1) is 9.77. The molecule has 3 nitrogen and oxygen atoms in total. The summed E-state index contributed by atoms with van der Waals surface area (Å²) in [5, 5.41) is -0.364. The molecule has 1 atom stereocenters. The lowest BCUT2D eigenvalue weighted by Gasteiger charge is -2.13. The first-order valence-corrected chi connectivity index (χ1v) is 6.74. The van der Waals surface area contributed by atoms with Gasteiger partial charge < -0.3 is 10.6 Å². The van der Waals surface area contributed by atoms with Crippen LogP contribution in [-0.2, 0) is 11.0 Å². The van der Waals surface area contributed by atoms with Gasteiger partial charge in [0.2, 0.25) is 5.91 Å². The summed E-state index contributed by atoms with van der Waals surface area (Å²) < 4.78 is 38.2. The van der Waals surface area contributed by atoms with Gasteiger partial charge in [-0.1, -0.05) is 17.7 Å². The van der Waals surface area contributed by atoms with Gasteiger partial charge in [0.05, 0.1) is 10.6 Å². The zero-order valence-corrected chi connectivity index (χ0v) is 11.8. The minimum Gasteiger partial charge on any atom is -0.338 e. The van der Waals surface area contributed by atoms with E-state index in [0.717, 1.165) is 12.5 Å². The molecule has 1 aliphatic rings. The predicted octanol–water partition coefficient (Wildman–Crippen LogP) is 2.93. The van der Waals surface area contributed by atoms with Crippen LogP contribution in [0.25, 0.3) is 6.08 Å². The molecule has 0 aromatic heterocycles. The van der Waals surface area contributed by atoms with Crippen molar-refractivity contribution >= 4 is 23.6 Å². The molecule has 2 N–H and O–H groups in total. The second-order valence-electron chi connectivity index (χ2n) is 4.90. The number of amides is 1. The third-order valence-corrected chi connectivity index (χ3v) is 3.58. The minimum absolute atomic E-state index is 0.0327. The van der Waals surface area contributed by atoms with Crippen LogP contribution < -0.4 is 5.73 Å². The molecular weight excluding hydrogens is 305 g/mol. The highest BCUT2D eigenvalue weighted by molar-refractivity contribution is 6.31. The molecule has 1 aromatic rings. The van der Waals surface area contributed by atoms with Gasteiger partial charge in [0.25, 0.3) is 0 Å². The number of likely N-dealkylation sites (tertiary alicyclic amines) is 1. The van der Waals surface area contributed by atoms with Gasteiger partial charge in [0.15, 0.2) is 0 Å². The molecule has 1 aromatic carbocycles. The SMILES string of the molecule is N[C@@H]1CCN(C(=O)C=Cc2ccc(Cl)c(C(F)(F)F)c2)C1. The van der Waals surface area contributed by atoms with E-state index >= 15 is 0 Å². The number of halogens is 4. The Kier molecular flexibility index (Phi) is 4.58. The summed E-state index contributed by atoms with van der Waals surface area (Å²) in [5.41, 5.74) is 5.05. The molecule has 0 bridgehead atoms. The summed E-state index contributed by atoms with van der Waals surface area (Å²) in [6.45, 7) is 1.04. The molecule has 1 aliphatic heterocycles. The Morgan fingerprint density at radius 2 is 2.14 bits per heavy atom. The fourth-order valence-electron chi connectivity index (χ4n) is 2.12. The normalized spacial score (nSPS) is 19.5. The molecular formula is C14H14ClF3N2O. The van der Waals surface area contributed by atoms with Crippen LogP contribution in [0, 0.1) is 0 Å². The molecule has 21 heavy (non-hydrogen) atoms. The van der Waals surface area contributed by atoms with Crippen molar-refractivity contribution < 1.29 is 18.0 Å². The van der Waals surface area contributed by atoms with E-state index in [2.05, 4.69) is 0 Å². The van der Waals surface area contributed by atoms with Crippen molar-refractivity contribution in [1.82, 2.24) is 4.90 Å². The summed E-state index contributed by atoms with van der Waals surface area (Å²) in [4.78, 5) is 13.4. The van der Waals surface area contributed by atoms with E-state index in [1.807, 2.05) is 0 Å². The number of rotatable bonds is 2. The Bertz CT molecular complexity index is 572. The first-order valence-electron chi connectivity index (χ1n) is 6.36. The number of benzene rings is 1. The lowest BCUT2D eigenvalue weighted by atomic mass is 10.1. The lowest BCUT2D eigenvalue weighted by Crippen LogP contribution is -2.30. The highest BCUT2D eigenvalue weighted by Crippen LogP contribution is 2.35. The zero-order valence-electron chi connectivity index (χ0n) is 11.0. The average molecular weight is 319 g/mol. The minimum atomic E-state index is -4.52. The fourth-order valence-corrected chi connectivity index (χ4v) is 2.35. The quantitative estimate of drug-likeness (QED) is 0.852. The van der Waals surface area contributed by atoms with Crippen molar-refractivity contribution in [1.29, 1.82) is 0 Å². The molecule has 2 rings (SSSR count). The van der Waals surface area contributed by atoms with Crippen LogP contribution in [0.3, 0.4) is 0 Å². The van der Waals surface area contributed by atoms with E-state index in [-0.39, 0.29) is 22.5 Å². The Hall–Kier alpha value is -1.53. The molecule has 0 saturated carbocycles. The standard InChI is InChI=1S/C14H14ClF3N2O/c15-12-3-1-9(7-11(12)14(16,17)18)2-4-13(21)20-6-5-10(19)8-20/h1-4,7,10H,5-6,8,19H2/t10-/m1/s1. The summed E-state index contributed by atoms with van der Waals surface area (Å²) in [6.07, 6.45) is -1.19. The Morgan fingerprint density at radius 1 is 1.43 bits per heavy atom. The average Bonchev–Trinajstić information content (AvgIpc) is 2.83. The van der Waals surface area contributed by atoms with Crippen LogP contribution in [0.1, 0.15) is 17.5 Å². The van der Waals surface area contributed by atoms with E-state index < -0.39 is 11.7 Å². The van der Waals surface area contributed by atoms with Crippen molar-refractivity contribution in [2.75, 3.05) is 13.1 Å². The molecule has 114 valence electrons. The van der Waals surface area contributed by atoms with Gasteiger partial charge in [-0.2, -0.15) is 13.2 Å². The number of carbonyl (C=O) groups excluding carboxylic acids is 1. The topological polar surface area (TPSA) is 46.3 Å². The smallest absolute Gasteiger partial charge is 0.338 e. The van der Waals surface area contributed by atoms with E-state index in [1.165, 1.54) is 24.3 Å². The fraction of sp³-hybridized carbons (Fsp3) is 0.357. The number of hydrogen-bond acceptors (Lipinski definition) is 2. The molecule has 0 radical (unpaired) electrons. The maximum Gasteiger partial charge on any atom is 0.417 e. The second kappa shape index (κ2) is 6.07. The van der Waals surface area contributed by atoms with Crippen molar-refractivity contribution in [3.8, 4) is 0 Å². The largest absolute Gasteiger partial charge is 0.417 e. The first kappa shape index (κ1) is 15.9. The summed E-state index contributed by atoms with van der Waals surface area (Å²) in [5.74, 6) is -0.258. The number of alkyl halides is 3. The predicted molar refractivity (Wildman–Crippen MR) is 74.7 cm³/mol. The van der Waals surface area contributed by atoms with E-state index in [0.29, 0.717) is 13.1 Å². The Morgan fingerprint density at radius 3 is 2.71 bits per heavy atom. The number of carbonyl (C=O) groups is 1. The van der Waals surface area contributed by atoms with Gasteiger partial charge in [-0.25, -0.2) is 0 Å². The van der Waals surface area contributed by atoms with Crippen molar-refractivity contribution in [3.05, 3.63) is 40.4 Å². The monoisotopic (exact) mass is 318 g/mol. The number of nitrogens with two attached hydrogens (primary N) is 1. The Balaban J connectivity index is 2.13. The summed E-state index contributed by atoms with van der Waals surface area (Å²) in [6, 6.07) is 3.48. The molecule has 0 aliphatic carbocycles. The maximum absolute atomic E-state index is 12.7. The van der Waals surface area contributed by atoms with Crippen molar-refractivity contribution in [2.24, 2.45) is 5.73 Å². The van der Waals surface area contributed by atoms with E-state index in [4.69, 9.17) is 17.3 Å². The van der Waals surface area contributed by atoms with Gasteiger partial charge in [-0.15, -0.1) is 0 Å². The van der Waals surface area contributed by atoms with Gasteiger partial charge in [-0.3, -0.25) is 4.79 Å². The molecule has 1 fully saturated rings. The third kappa shape index (κ3) is 3.98. The van der Waals surface area contributed by atoms with E-state index in [9.17, 15) is 18.0 Å². The highest BCUT2D eigenvalue weighted by atomic mass is 35.5. The van der Waals surface area contributed by atoms with Crippen LogP contribution in [0.15, 0.2) is 24.3 Å². The molecule has 1 saturated heterocycles. The molecule has 7 heteroatoms. The molecule has 0 spiro atoms. The summed E-state index contributed by atoms with van der Waals surface area (Å²) in [7, 11) is 0. The van der Waals surface area contributed by atoms with E-state index in [1.54, 1.807) is 4.90 Å². The number of hydrogen-bond donors (Lipinski definition) is 1. The zero-order chi connectivity index (χ0) is 15.6. The Labute approximate surface area is 125 Å². The van der Waals surface area contributed by atoms with Gasteiger partial charge in [-0.05, 0) is 30.2 Å². The second-order valence-corrected chi connectivity index (χ2v) is 5.31. The van der Waals surface area contributed by atoms with Crippen LogP contribution in [-0.4, -0.2) is 29.9 Å². The maximum atomic E-state index is 12.7. The van der Waals surface area contributed by atoms with Crippen LogP contribution >= 0.6 is 11.6 Å². The van der Waals surface area contributed by atoms with Crippen LogP contribution in [0.2, 0.25) is 5.02 Å². The van der Waals surface area contributed by atoms with Crippen molar-refractivity contribution in [2.45, 2.75) is 18.6 Å².